The number of thiophene rings is 1. The van der Waals surface area contributed by atoms with Gasteiger partial charge in [0.25, 0.3) is 0 Å². The van der Waals surface area contributed by atoms with Crippen molar-refractivity contribution in [2.75, 3.05) is 33.2 Å². The first-order valence-electron chi connectivity index (χ1n) is 6.01. The number of nitrogens with zero attached hydrogens (tertiary/aromatic N) is 2. The molecule has 1 saturated heterocycles. The quantitative estimate of drug-likeness (QED) is 0.927. The summed E-state index contributed by atoms with van der Waals surface area (Å²) < 4.78 is 1.21. The normalized spacial score (nSPS) is 25.1. The summed E-state index contributed by atoms with van der Waals surface area (Å²) in [6, 6.07) is 5.29. The summed E-state index contributed by atoms with van der Waals surface area (Å²) in [7, 11) is 2.17. The molecule has 0 radical (unpaired) electrons. The van der Waals surface area contributed by atoms with E-state index in [0.29, 0.717) is 12.1 Å². The molecule has 2 rings (SSSR count). The lowest BCUT2D eigenvalue weighted by molar-refractivity contribution is 0.0633. The second-order valence-electron chi connectivity index (χ2n) is 4.71. The molecule has 0 amide bonds. The molecule has 1 fully saturated rings. The Labute approximate surface area is 116 Å². The van der Waals surface area contributed by atoms with Crippen LogP contribution in [-0.2, 0) is 0 Å². The molecule has 2 atom stereocenters. The third-order valence-electron chi connectivity index (χ3n) is 3.51. The van der Waals surface area contributed by atoms with E-state index in [1.807, 2.05) is 11.3 Å². The number of rotatable bonds is 3. The summed E-state index contributed by atoms with van der Waals surface area (Å²) in [6.45, 7) is 6.34. The van der Waals surface area contributed by atoms with Crippen LogP contribution in [0.15, 0.2) is 15.9 Å². The van der Waals surface area contributed by atoms with Gasteiger partial charge in [0, 0.05) is 43.1 Å². The Morgan fingerprint density at radius 2 is 2.29 bits per heavy atom. The number of halogens is 1. The predicted molar refractivity (Wildman–Crippen MR) is 77.5 cm³/mol. The minimum Gasteiger partial charge on any atom is -0.329 e. The minimum absolute atomic E-state index is 0.466. The molecule has 0 aromatic carbocycles. The third kappa shape index (κ3) is 3.09. The Morgan fingerprint density at radius 1 is 1.53 bits per heavy atom. The van der Waals surface area contributed by atoms with Gasteiger partial charge in [-0.1, -0.05) is 0 Å². The Hall–Kier alpha value is 0.0600. The zero-order valence-corrected chi connectivity index (χ0v) is 12.8. The van der Waals surface area contributed by atoms with Crippen LogP contribution in [0.2, 0.25) is 0 Å². The Kier molecular flexibility index (Phi) is 4.60. The number of piperazine rings is 1. The van der Waals surface area contributed by atoms with Gasteiger partial charge >= 0.3 is 0 Å². The molecular weight excluding hydrogens is 298 g/mol. The van der Waals surface area contributed by atoms with Crippen molar-refractivity contribution in [3.8, 4) is 0 Å². The van der Waals surface area contributed by atoms with Crippen molar-refractivity contribution in [1.82, 2.24) is 9.80 Å². The Balaban J connectivity index is 2.09. The number of likely N-dealkylation sites (N-methyl/N-ethyl adjacent to an activating group) is 1. The van der Waals surface area contributed by atoms with Crippen molar-refractivity contribution in [2.24, 2.45) is 5.73 Å². The topological polar surface area (TPSA) is 32.5 Å². The van der Waals surface area contributed by atoms with Gasteiger partial charge in [-0.25, -0.2) is 0 Å². The van der Waals surface area contributed by atoms with Gasteiger partial charge in [-0.2, -0.15) is 0 Å². The Bertz CT molecular complexity index is 368. The van der Waals surface area contributed by atoms with Crippen molar-refractivity contribution in [3.05, 3.63) is 20.8 Å². The van der Waals surface area contributed by atoms with Gasteiger partial charge in [0.05, 0.1) is 3.79 Å². The van der Waals surface area contributed by atoms with Gasteiger partial charge in [0.2, 0.25) is 0 Å². The van der Waals surface area contributed by atoms with Crippen LogP contribution in [0.5, 0.6) is 0 Å². The lowest BCUT2D eigenvalue weighted by atomic mass is 10.1. The van der Waals surface area contributed by atoms with Crippen molar-refractivity contribution in [1.29, 1.82) is 0 Å². The van der Waals surface area contributed by atoms with E-state index < -0.39 is 0 Å². The second-order valence-corrected chi connectivity index (χ2v) is 7.20. The van der Waals surface area contributed by atoms with Gasteiger partial charge in [-0.15, -0.1) is 11.3 Å². The zero-order chi connectivity index (χ0) is 12.4. The monoisotopic (exact) mass is 317 g/mol. The van der Waals surface area contributed by atoms with Crippen molar-refractivity contribution in [3.63, 3.8) is 0 Å². The van der Waals surface area contributed by atoms with Crippen molar-refractivity contribution in [2.45, 2.75) is 19.0 Å². The standard InChI is InChI=1S/C12H20BrN3S/c1-9(11-3-4-12(13)17-11)16-6-5-15(2)8-10(16)7-14/h3-4,9-10H,5-8,14H2,1-2H3. The molecule has 3 nitrogen and oxygen atoms in total. The number of hydrogen-bond acceptors (Lipinski definition) is 4. The summed E-state index contributed by atoms with van der Waals surface area (Å²) in [6.07, 6.45) is 0. The van der Waals surface area contributed by atoms with Gasteiger partial charge in [0.15, 0.2) is 0 Å². The summed E-state index contributed by atoms with van der Waals surface area (Å²) >= 11 is 5.36. The van der Waals surface area contributed by atoms with Gasteiger partial charge < -0.3 is 10.6 Å². The molecule has 5 heteroatoms. The molecule has 0 spiro atoms. The fourth-order valence-corrected chi connectivity index (χ4v) is 3.96. The Morgan fingerprint density at radius 3 is 2.88 bits per heavy atom. The second kappa shape index (κ2) is 5.80. The van der Waals surface area contributed by atoms with Gasteiger partial charge in [-0.3, -0.25) is 4.90 Å². The molecule has 17 heavy (non-hydrogen) atoms. The fraction of sp³-hybridized carbons (Fsp3) is 0.667. The van der Waals surface area contributed by atoms with E-state index in [-0.39, 0.29) is 0 Å². The lowest BCUT2D eigenvalue weighted by Crippen LogP contribution is -2.55. The van der Waals surface area contributed by atoms with Crippen LogP contribution < -0.4 is 5.73 Å². The molecule has 1 aromatic rings. The highest BCUT2D eigenvalue weighted by Crippen LogP contribution is 2.32. The van der Waals surface area contributed by atoms with Crippen molar-refractivity contribution >= 4 is 27.3 Å². The molecule has 1 aromatic heterocycles. The minimum atomic E-state index is 0.466. The molecule has 2 unspecified atom stereocenters. The molecular formula is C12H20BrN3S. The van der Waals surface area contributed by atoms with E-state index in [1.165, 1.54) is 8.66 Å². The lowest BCUT2D eigenvalue weighted by Gasteiger charge is -2.42. The summed E-state index contributed by atoms with van der Waals surface area (Å²) in [5, 5.41) is 0. The fourth-order valence-electron chi connectivity index (χ4n) is 2.46. The van der Waals surface area contributed by atoms with Crippen LogP contribution in [0.25, 0.3) is 0 Å². The van der Waals surface area contributed by atoms with Gasteiger partial charge in [0.1, 0.15) is 0 Å². The molecule has 0 aliphatic carbocycles. The van der Waals surface area contributed by atoms with Crippen LogP contribution in [0, 0.1) is 0 Å². The van der Waals surface area contributed by atoms with E-state index >= 15 is 0 Å². The SMILES string of the molecule is CC(c1ccc(Br)s1)N1CCN(C)CC1CN. The van der Waals surface area contributed by atoms with Gasteiger partial charge in [-0.05, 0) is 42.0 Å². The predicted octanol–water partition coefficient (Wildman–Crippen LogP) is 2.15. The highest BCUT2D eigenvalue weighted by Gasteiger charge is 2.28. The molecule has 0 saturated carbocycles. The maximum atomic E-state index is 5.90. The summed E-state index contributed by atoms with van der Waals surface area (Å²) in [4.78, 5) is 6.32. The average Bonchev–Trinajstić information content (AvgIpc) is 2.75. The molecule has 2 N–H and O–H groups in total. The number of nitrogens with two attached hydrogens (primary N) is 1. The first kappa shape index (κ1) is 13.5. The van der Waals surface area contributed by atoms with Crippen LogP contribution in [-0.4, -0.2) is 49.1 Å². The first-order chi connectivity index (χ1) is 8.11. The first-order valence-corrected chi connectivity index (χ1v) is 7.62. The molecule has 0 bridgehead atoms. The smallest absolute Gasteiger partial charge is 0.0701 e. The van der Waals surface area contributed by atoms with E-state index in [9.17, 15) is 0 Å². The zero-order valence-electron chi connectivity index (χ0n) is 10.4. The van der Waals surface area contributed by atoms with Crippen LogP contribution >= 0.6 is 27.3 Å². The van der Waals surface area contributed by atoms with Crippen LogP contribution in [0.1, 0.15) is 17.8 Å². The maximum Gasteiger partial charge on any atom is 0.0701 e. The maximum absolute atomic E-state index is 5.90. The van der Waals surface area contributed by atoms with Crippen LogP contribution in [0.3, 0.4) is 0 Å². The average molecular weight is 318 g/mol. The van der Waals surface area contributed by atoms with E-state index in [4.69, 9.17) is 5.73 Å². The summed E-state index contributed by atoms with van der Waals surface area (Å²) in [5.74, 6) is 0. The van der Waals surface area contributed by atoms with E-state index in [2.05, 4.69) is 51.8 Å². The summed E-state index contributed by atoms with van der Waals surface area (Å²) in [5.41, 5.74) is 5.90. The van der Waals surface area contributed by atoms with Crippen molar-refractivity contribution < 1.29 is 0 Å². The van der Waals surface area contributed by atoms with E-state index in [1.54, 1.807) is 0 Å². The molecule has 96 valence electrons. The highest BCUT2D eigenvalue weighted by molar-refractivity contribution is 9.11. The molecule has 1 aliphatic rings. The third-order valence-corrected chi connectivity index (χ3v) is 5.30. The van der Waals surface area contributed by atoms with E-state index in [0.717, 1.165) is 26.2 Å². The largest absolute Gasteiger partial charge is 0.329 e. The van der Waals surface area contributed by atoms with Crippen LogP contribution in [0.4, 0.5) is 0 Å². The highest BCUT2D eigenvalue weighted by atomic mass is 79.9. The number of hydrogen-bond donors (Lipinski definition) is 1. The molecule has 2 heterocycles. The molecule has 1 aliphatic heterocycles.